The number of carbonyl (C=O) groups is 2. The van der Waals surface area contributed by atoms with Crippen LogP contribution in [0.5, 0.6) is 17.2 Å². The summed E-state index contributed by atoms with van der Waals surface area (Å²) >= 11 is 6.15. The van der Waals surface area contributed by atoms with Crippen LogP contribution in [-0.2, 0) is 19.1 Å². The highest BCUT2D eigenvalue weighted by atomic mass is 35.5. The number of aryl methyl sites for hydroxylation is 1. The molecule has 37 heavy (non-hydrogen) atoms. The monoisotopic (exact) mass is 532 g/mol. The Labute approximate surface area is 222 Å². The number of hydrogen-bond donors (Lipinski definition) is 0. The van der Waals surface area contributed by atoms with Crippen LogP contribution >= 0.6 is 11.6 Å². The van der Waals surface area contributed by atoms with E-state index in [1.54, 1.807) is 41.2 Å². The lowest BCUT2D eigenvalue weighted by molar-refractivity contribution is -0.168. The molecule has 4 rings (SSSR count). The topological polar surface area (TPSA) is 86.8 Å². The summed E-state index contributed by atoms with van der Waals surface area (Å²) in [5, 5.41) is 0.644. The van der Waals surface area contributed by atoms with Gasteiger partial charge in [-0.2, -0.15) is 0 Å². The van der Waals surface area contributed by atoms with Gasteiger partial charge in [-0.25, -0.2) is 0 Å². The molecular formula is C27H33ClN2O7. The van der Waals surface area contributed by atoms with Crippen LogP contribution in [0.25, 0.3) is 0 Å². The van der Waals surface area contributed by atoms with Crippen molar-refractivity contribution in [3.05, 3.63) is 53.1 Å². The molecule has 2 fully saturated rings. The second-order valence-corrected chi connectivity index (χ2v) is 9.56. The maximum Gasteiger partial charge on any atom is 0.260 e. The van der Waals surface area contributed by atoms with Gasteiger partial charge in [0.15, 0.2) is 18.1 Å². The number of morpholine rings is 2. The van der Waals surface area contributed by atoms with E-state index in [9.17, 15) is 9.59 Å². The Hall–Kier alpha value is -3.01. The van der Waals surface area contributed by atoms with Gasteiger partial charge in [0.05, 0.1) is 39.9 Å². The fraction of sp³-hybridized carbons (Fsp3) is 0.481. The van der Waals surface area contributed by atoms with E-state index in [0.717, 1.165) is 5.56 Å². The Bertz CT molecular complexity index is 1090. The average molecular weight is 533 g/mol. The molecule has 2 aromatic rings. The van der Waals surface area contributed by atoms with E-state index in [0.29, 0.717) is 55.1 Å². The van der Waals surface area contributed by atoms with Crippen LogP contribution in [0.1, 0.15) is 12.0 Å². The van der Waals surface area contributed by atoms with Gasteiger partial charge in [0.25, 0.3) is 5.91 Å². The first-order valence-electron chi connectivity index (χ1n) is 12.3. The SMILES string of the molecule is COc1ccccc1OCC(=O)N1CCOC(COc2ccc(Cl)c(C)c2)(CC(=O)N2CCOCC2)C1. The molecule has 2 aromatic carbocycles. The van der Waals surface area contributed by atoms with Crippen LogP contribution in [-0.4, -0.2) is 93.5 Å². The molecule has 0 aromatic heterocycles. The molecule has 2 aliphatic heterocycles. The smallest absolute Gasteiger partial charge is 0.260 e. The van der Waals surface area contributed by atoms with Crippen LogP contribution in [0.3, 0.4) is 0 Å². The van der Waals surface area contributed by atoms with E-state index in [-0.39, 0.29) is 44.6 Å². The molecule has 0 radical (unpaired) electrons. The molecule has 2 heterocycles. The van der Waals surface area contributed by atoms with Crippen molar-refractivity contribution in [2.75, 3.05) is 66.3 Å². The fourth-order valence-corrected chi connectivity index (χ4v) is 4.51. The summed E-state index contributed by atoms with van der Waals surface area (Å²) < 4.78 is 28.7. The minimum absolute atomic E-state index is 0.0567. The van der Waals surface area contributed by atoms with Crippen LogP contribution in [0, 0.1) is 6.92 Å². The van der Waals surface area contributed by atoms with Gasteiger partial charge in [-0.1, -0.05) is 23.7 Å². The van der Waals surface area contributed by atoms with E-state index in [2.05, 4.69) is 0 Å². The van der Waals surface area contributed by atoms with Crippen molar-refractivity contribution in [1.29, 1.82) is 0 Å². The van der Waals surface area contributed by atoms with E-state index in [1.165, 1.54) is 0 Å². The predicted molar refractivity (Wildman–Crippen MR) is 137 cm³/mol. The standard InChI is InChI=1S/C27H33ClN2O7/c1-20-15-21(7-8-22(20)28)36-19-27(16-25(31)29-9-12-34-13-10-29)18-30(11-14-37-27)26(32)17-35-24-6-4-3-5-23(24)33-2/h3-8,15H,9-14,16-19H2,1-2H3. The summed E-state index contributed by atoms with van der Waals surface area (Å²) in [6, 6.07) is 12.6. The van der Waals surface area contributed by atoms with Gasteiger partial charge >= 0.3 is 0 Å². The predicted octanol–water partition coefficient (Wildman–Crippen LogP) is 2.96. The molecule has 2 amide bonds. The Balaban J connectivity index is 1.46. The van der Waals surface area contributed by atoms with Crippen molar-refractivity contribution >= 4 is 23.4 Å². The van der Waals surface area contributed by atoms with Crippen molar-refractivity contribution in [2.24, 2.45) is 0 Å². The van der Waals surface area contributed by atoms with E-state index in [4.69, 9.17) is 35.3 Å². The highest BCUT2D eigenvalue weighted by Crippen LogP contribution is 2.29. The number of methoxy groups -OCH3 is 1. The second kappa shape index (κ2) is 12.5. The molecule has 0 spiro atoms. The third kappa shape index (κ3) is 7.06. The Morgan fingerprint density at radius 1 is 0.973 bits per heavy atom. The van der Waals surface area contributed by atoms with E-state index in [1.807, 2.05) is 25.1 Å². The Morgan fingerprint density at radius 3 is 2.43 bits per heavy atom. The highest BCUT2D eigenvalue weighted by Gasteiger charge is 2.42. The van der Waals surface area contributed by atoms with Gasteiger partial charge in [0.1, 0.15) is 18.0 Å². The number of amides is 2. The summed E-state index contributed by atoms with van der Waals surface area (Å²) in [4.78, 5) is 29.8. The number of hydrogen-bond acceptors (Lipinski definition) is 7. The number of nitrogens with zero attached hydrogens (tertiary/aromatic N) is 2. The molecule has 0 saturated carbocycles. The van der Waals surface area contributed by atoms with Crippen molar-refractivity contribution in [1.82, 2.24) is 9.80 Å². The molecule has 2 saturated heterocycles. The number of benzene rings is 2. The van der Waals surface area contributed by atoms with Crippen LogP contribution in [0.2, 0.25) is 5.02 Å². The third-order valence-corrected chi connectivity index (χ3v) is 6.91. The lowest BCUT2D eigenvalue weighted by atomic mass is 9.96. The normalized spacial score (nSPS) is 19.9. The summed E-state index contributed by atoms with van der Waals surface area (Å²) in [6.45, 7) is 4.77. The second-order valence-electron chi connectivity index (χ2n) is 9.16. The van der Waals surface area contributed by atoms with Crippen molar-refractivity contribution in [2.45, 2.75) is 18.9 Å². The van der Waals surface area contributed by atoms with Gasteiger partial charge in [-0.05, 0) is 42.8 Å². The van der Waals surface area contributed by atoms with E-state index < -0.39 is 5.60 Å². The Morgan fingerprint density at radius 2 is 1.70 bits per heavy atom. The first kappa shape index (κ1) is 27.0. The number of halogens is 1. The largest absolute Gasteiger partial charge is 0.493 e. The lowest BCUT2D eigenvalue weighted by Gasteiger charge is -2.43. The minimum Gasteiger partial charge on any atom is -0.493 e. The average Bonchev–Trinajstić information content (AvgIpc) is 2.93. The maximum atomic E-state index is 13.2. The molecular weight excluding hydrogens is 500 g/mol. The van der Waals surface area contributed by atoms with Crippen LogP contribution < -0.4 is 14.2 Å². The van der Waals surface area contributed by atoms with Crippen molar-refractivity contribution < 1.29 is 33.3 Å². The molecule has 9 nitrogen and oxygen atoms in total. The quantitative estimate of drug-likeness (QED) is 0.491. The van der Waals surface area contributed by atoms with Crippen molar-refractivity contribution in [3.63, 3.8) is 0 Å². The third-order valence-electron chi connectivity index (χ3n) is 6.49. The van der Waals surface area contributed by atoms with Gasteiger partial charge in [0.2, 0.25) is 5.91 Å². The summed E-state index contributed by atoms with van der Waals surface area (Å²) in [6.07, 6.45) is 0.0801. The van der Waals surface area contributed by atoms with Crippen LogP contribution in [0.4, 0.5) is 0 Å². The van der Waals surface area contributed by atoms with Gasteiger partial charge in [-0.3, -0.25) is 9.59 Å². The first-order chi connectivity index (χ1) is 17.9. The molecule has 0 N–H and O–H groups in total. The zero-order valence-corrected chi connectivity index (χ0v) is 22.0. The number of carbonyl (C=O) groups excluding carboxylic acids is 2. The fourth-order valence-electron chi connectivity index (χ4n) is 4.39. The van der Waals surface area contributed by atoms with Crippen molar-refractivity contribution in [3.8, 4) is 17.2 Å². The van der Waals surface area contributed by atoms with Gasteiger partial charge < -0.3 is 33.5 Å². The number of para-hydroxylation sites is 2. The molecule has 1 atom stereocenters. The minimum atomic E-state index is -1.01. The van der Waals surface area contributed by atoms with Gasteiger partial charge in [-0.15, -0.1) is 0 Å². The maximum absolute atomic E-state index is 13.2. The first-order valence-corrected chi connectivity index (χ1v) is 12.7. The molecule has 200 valence electrons. The molecule has 0 bridgehead atoms. The zero-order chi connectivity index (χ0) is 26.3. The molecule has 2 aliphatic rings. The number of ether oxygens (including phenoxy) is 5. The zero-order valence-electron chi connectivity index (χ0n) is 21.2. The summed E-state index contributed by atoms with van der Waals surface area (Å²) in [7, 11) is 1.55. The lowest BCUT2D eigenvalue weighted by Crippen LogP contribution is -2.59. The molecule has 0 aliphatic carbocycles. The molecule has 1 unspecified atom stereocenters. The highest BCUT2D eigenvalue weighted by molar-refractivity contribution is 6.31. The van der Waals surface area contributed by atoms with E-state index >= 15 is 0 Å². The van der Waals surface area contributed by atoms with Gasteiger partial charge in [0, 0.05) is 24.7 Å². The Kier molecular flexibility index (Phi) is 9.13. The van der Waals surface area contributed by atoms with Crippen LogP contribution in [0.15, 0.2) is 42.5 Å². The number of rotatable bonds is 9. The molecule has 10 heteroatoms. The summed E-state index contributed by atoms with van der Waals surface area (Å²) in [5.74, 6) is 1.39. The summed E-state index contributed by atoms with van der Waals surface area (Å²) in [5.41, 5.74) is -0.131.